The molecule has 0 fully saturated rings. The number of hydrogen-bond acceptors (Lipinski definition) is 4. The number of hydrogen-bond donors (Lipinski definition) is 1. The molecule has 0 aliphatic carbocycles. The molecule has 0 radical (unpaired) electrons. The average molecular weight is 261 g/mol. The molecule has 0 amide bonds. The SMILES string of the molecule is NC(=S)c1cc(SCc2ccncc2)ccn1. The van der Waals surface area contributed by atoms with Crippen LogP contribution in [0.4, 0.5) is 0 Å². The predicted molar refractivity (Wildman–Crippen MR) is 73.9 cm³/mol. The van der Waals surface area contributed by atoms with Gasteiger partial charge >= 0.3 is 0 Å². The van der Waals surface area contributed by atoms with Crippen LogP contribution in [0.2, 0.25) is 0 Å². The van der Waals surface area contributed by atoms with E-state index in [1.807, 2.05) is 24.3 Å². The smallest absolute Gasteiger partial charge is 0.122 e. The van der Waals surface area contributed by atoms with Crippen LogP contribution in [0, 0.1) is 0 Å². The number of thiocarbonyl (C=S) groups is 1. The van der Waals surface area contributed by atoms with Gasteiger partial charge in [0.15, 0.2) is 0 Å². The quantitative estimate of drug-likeness (QED) is 0.676. The number of aromatic nitrogens is 2. The van der Waals surface area contributed by atoms with E-state index in [9.17, 15) is 0 Å². The van der Waals surface area contributed by atoms with Gasteiger partial charge < -0.3 is 5.73 Å². The highest BCUT2D eigenvalue weighted by Crippen LogP contribution is 2.22. The molecule has 2 N–H and O–H groups in total. The molecule has 86 valence electrons. The van der Waals surface area contributed by atoms with Crippen molar-refractivity contribution < 1.29 is 0 Å². The molecule has 2 heterocycles. The Kier molecular flexibility index (Phi) is 4.06. The van der Waals surface area contributed by atoms with Crippen LogP contribution in [0.15, 0.2) is 47.8 Å². The minimum absolute atomic E-state index is 0.330. The van der Waals surface area contributed by atoms with Crippen LogP contribution in [-0.2, 0) is 5.75 Å². The first kappa shape index (κ1) is 12.0. The van der Waals surface area contributed by atoms with Gasteiger partial charge in [-0.2, -0.15) is 0 Å². The Bertz CT molecular complexity index is 514. The van der Waals surface area contributed by atoms with Crippen molar-refractivity contribution in [3.63, 3.8) is 0 Å². The monoisotopic (exact) mass is 261 g/mol. The van der Waals surface area contributed by atoms with Crippen LogP contribution >= 0.6 is 24.0 Å². The third-order valence-corrected chi connectivity index (χ3v) is 3.41. The lowest BCUT2D eigenvalue weighted by atomic mass is 10.3. The van der Waals surface area contributed by atoms with Crippen molar-refractivity contribution in [3.8, 4) is 0 Å². The summed E-state index contributed by atoms with van der Waals surface area (Å²) < 4.78 is 0. The summed E-state index contributed by atoms with van der Waals surface area (Å²) in [6.45, 7) is 0. The summed E-state index contributed by atoms with van der Waals surface area (Å²) in [6.07, 6.45) is 5.31. The minimum atomic E-state index is 0.330. The van der Waals surface area contributed by atoms with Gasteiger partial charge in [-0.25, -0.2) is 0 Å². The molecular formula is C12H11N3S2. The van der Waals surface area contributed by atoms with Gasteiger partial charge in [0.2, 0.25) is 0 Å². The maximum absolute atomic E-state index is 5.54. The van der Waals surface area contributed by atoms with Crippen LogP contribution < -0.4 is 5.73 Å². The Balaban J connectivity index is 2.04. The van der Waals surface area contributed by atoms with Crippen molar-refractivity contribution in [2.24, 2.45) is 5.73 Å². The fourth-order valence-corrected chi connectivity index (χ4v) is 2.27. The normalized spacial score (nSPS) is 10.1. The van der Waals surface area contributed by atoms with Crippen molar-refractivity contribution in [1.82, 2.24) is 9.97 Å². The van der Waals surface area contributed by atoms with Crippen LogP contribution in [0.25, 0.3) is 0 Å². The van der Waals surface area contributed by atoms with Gasteiger partial charge in [0.25, 0.3) is 0 Å². The van der Waals surface area contributed by atoms with Crippen LogP contribution in [0.3, 0.4) is 0 Å². The lowest BCUT2D eigenvalue weighted by Crippen LogP contribution is -2.11. The topological polar surface area (TPSA) is 51.8 Å². The highest BCUT2D eigenvalue weighted by Gasteiger charge is 2.01. The Labute approximate surface area is 109 Å². The number of nitrogens with zero attached hydrogens (tertiary/aromatic N) is 2. The summed E-state index contributed by atoms with van der Waals surface area (Å²) in [6, 6.07) is 7.87. The maximum Gasteiger partial charge on any atom is 0.122 e. The van der Waals surface area contributed by atoms with Crippen LogP contribution in [0.5, 0.6) is 0 Å². The van der Waals surface area contributed by atoms with E-state index in [2.05, 4.69) is 9.97 Å². The second-order valence-corrected chi connectivity index (χ2v) is 4.87. The molecule has 0 bridgehead atoms. The van der Waals surface area contributed by atoms with Gasteiger partial charge in [-0.05, 0) is 29.8 Å². The predicted octanol–water partition coefficient (Wildman–Crippen LogP) is 2.40. The summed E-state index contributed by atoms with van der Waals surface area (Å²) >= 11 is 6.62. The largest absolute Gasteiger partial charge is 0.388 e. The molecule has 17 heavy (non-hydrogen) atoms. The van der Waals surface area contributed by atoms with Crippen LogP contribution in [0.1, 0.15) is 11.3 Å². The van der Waals surface area contributed by atoms with E-state index < -0.39 is 0 Å². The maximum atomic E-state index is 5.54. The number of rotatable bonds is 4. The molecule has 0 saturated heterocycles. The second-order valence-electron chi connectivity index (χ2n) is 3.39. The Morgan fingerprint density at radius 1 is 1.24 bits per heavy atom. The molecule has 0 aliphatic heterocycles. The van der Waals surface area contributed by atoms with E-state index in [0.29, 0.717) is 10.7 Å². The van der Waals surface area contributed by atoms with E-state index in [-0.39, 0.29) is 0 Å². The Morgan fingerprint density at radius 3 is 2.71 bits per heavy atom. The van der Waals surface area contributed by atoms with Crippen molar-refractivity contribution in [1.29, 1.82) is 0 Å². The lowest BCUT2D eigenvalue weighted by molar-refractivity contribution is 1.23. The highest BCUT2D eigenvalue weighted by molar-refractivity contribution is 7.98. The first-order valence-corrected chi connectivity index (χ1v) is 6.42. The molecule has 0 aromatic carbocycles. The van der Waals surface area contributed by atoms with Gasteiger partial charge in [-0.3, -0.25) is 9.97 Å². The second kappa shape index (κ2) is 5.75. The molecule has 0 unspecified atom stereocenters. The fourth-order valence-electron chi connectivity index (χ4n) is 1.28. The van der Waals surface area contributed by atoms with Crippen molar-refractivity contribution in [3.05, 3.63) is 54.1 Å². The molecule has 3 nitrogen and oxygen atoms in total. The third kappa shape index (κ3) is 3.51. The zero-order chi connectivity index (χ0) is 12.1. The minimum Gasteiger partial charge on any atom is -0.388 e. The summed E-state index contributed by atoms with van der Waals surface area (Å²) in [7, 11) is 0. The lowest BCUT2D eigenvalue weighted by Gasteiger charge is -2.03. The molecular weight excluding hydrogens is 250 g/mol. The molecule has 5 heteroatoms. The van der Waals surface area contributed by atoms with Gasteiger partial charge in [0.05, 0.1) is 5.69 Å². The summed E-state index contributed by atoms with van der Waals surface area (Å²) in [5.74, 6) is 0.892. The average Bonchev–Trinajstić information content (AvgIpc) is 2.38. The van der Waals surface area contributed by atoms with Gasteiger partial charge in [0, 0.05) is 29.2 Å². The third-order valence-electron chi connectivity index (χ3n) is 2.14. The zero-order valence-electron chi connectivity index (χ0n) is 9.04. The Hall–Kier alpha value is -1.46. The van der Waals surface area contributed by atoms with Gasteiger partial charge in [0.1, 0.15) is 4.99 Å². The van der Waals surface area contributed by atoms with E-state index in [1.54, 1.807) is 30.4 Å². The number of pyridine rings is 2. The number of thioether (sulfide) groups is 1. The van der Waals surface area contributed by atoms with Crippen molar-refractivity contribution in [2.45, 2.75) is 10.6 Å². The Morgan fingerprint density at radius 2 is 2.00 bits per heavy atom. The molecule has 0 aliphatic rings. The molecule has 2 aromatic heterocycles. The van der Waals surface area contributed by atoms with Crippen LogP contribution in [-0.4, -0.2) is 15.0 Å². The van der Waals surface area contributed by atoms with E-state index >= 15 is 0 Å². The summed E-state index contributed by atoms with van der Waals surface area (Å²) in [5, 5.41) is 0. The summed E-state index contributed by atoms with van der Waals surface area (Å²) in [4.78, 5) is 9.53. The molecule has 2 rings (SSSR count). The standard InChI is InChI=1S/C12H11N3S2/c13-12(16)11-7-10(3-6-15-11)17-8-9-1-4-14-5-2-9/h1-7H,8H2,(H2,13,16). The zero-order valence-corrected chi connectivity index (χ0v) is 10.7. The first-order chi connectivity index (χ1) is 8.25. The van der Waals surface area contributed by atoms with Crippen molar-refractivity contribution >= 4 is 29.0 Å². The van der Waals surface area contributed by atoms with E-state index in [1.165, 1.54) is 5.56 Å². The highest BCUT2D eigenvalue weighted by atomic mass is 32.2. The molecule has 0 saturated carbocycles. The molecule has 0 atom stereocenters. The fraction of sp³-hybridized carbons (Fsp3) is 0.0833. The van der Waals surface area contributed by atoms with E-state index in [4.69, 9.17) is 18.0 Å². The molecule has 2 aromatic rings. The van der Waals surface area contributed by atoms with E-state index in [0.717, 1.165) is 10.6 Å². The van der Waals surface area contributed by atoms with Gasteiger partial charge in [-0.1, -0.05) is 12.2 Å². The number of nitrogens with two attached hydrogens (primary N) is 1. The molecule has 0 spiro atoms. The summed E-state index contributed by atoms with van der Waals surface area (Å²) in [5.41, 5.74) is 7.44. The van der Waals surface area contributed by atoms with Gasteiger partial charge in [-0.15, -0.1) is 11.8 Å². The van der Waals surface area contributed by atoms with Crippen molar-refractivity contribution in [2.75, 3.05) is 0 Å². The first-order valence-electron chi connectivity index (χ1n) is 5.03.